The minimum absolute atomic E-state index is 0.00314. The van der Waals surface area contributed by atoms with Gasteiger partial charge in [0.15, 0.2) is 5.78 Å². The molecule has 2 aromatic rings. The van der Waals surface area contributed by atoms with Gasteiger partial charge in [0, 0.05) is 33.9 Å². The highest BCUT2D eigenvalue weighted by Gasteiger charge is 2.74. The molecule has 2 aromatic carbocycles. The van der Waals surface area contributed by atoms with Crippen LogP contribution in [-0.2, 0) is 0 Å². The van der Waals surface area contributed by atoms with Crippen LogP contribution >= 0.6 is 0 Å². The van der Waals surface area contributed by atoms with Crippen molar-refractivity contribution in [2.75, 3.05) is 19.6 Å². The zero-order valence-electron chi connectivity index (χ0n) is 26.6. The van der Waals surface area contributed by atoms with E-state index >= 15 is 0 Å². The summed E-state index contributed by atoms with van der Waals surface area (Å²) in [6.45, 7) is 7.76. The van der Waals surface area contributed by atoms with Gasteiger partial charge >= 0.3 is 0 Å². The van der Waals surface area contributed by atoms with Crippen molar-refractivity contribution in [3.63, 3.8) is 0 Å². The van der Waals surface area contributed by atoms with Gasteiger partial charge in [-0.2, -0.15) is 0 Å². The summed E-state index contributed by atoms with van der Waals surface area (Å²) in [5.41, 5.74) is 2.25. The highest BCUT2D eigenvalue weighted by molar-refractivity contribution is 6.10. The Balaban J connectivity index is 1.22. The number of benzene rings is 2. The van der Waals surface area contributed by atoms with Crippen molar-refractivity contribution in [3.8, 4) is 11.1 Å². The lowest BCUT2D eigenvalue weighted by Gasteiger charge is -2.71. The molecule has 6 aliphatic carbocycles. The molecule has 3 saturated carbocycles. The van der Waals surface area contributed by atoms with Crippen LogP contribution in [0.25, 0.3) is 11.1 Å². The molecule has 7 aliphatic rings. The SMILES string of the molecule is CC12CCC(O)CC13C=CC1(C(C(=O)c4ccc(-c5ccccc5)cc4)=C3)C2CCC2(C)C1CCC2(O)CN1CCCCC1. The van der Waals surface area contributed by atoms with Crippen molar-refractivity contribution >= 4 is 5.78 Å². The first kappa shape index (κ1) is 28.9. The average molecular weight is 592 g/mol. The topological polar surface area (TPSA) is 60.8 Å². The summed E-state index contributed by atoms with van der Waals surface area (Å²) in [4.78, 5) is 17.4. The quantitative estimate of drug-likeness (QED) is 0.278. The van der Waals surface area contributed by atoms with Crippen molar-refractivity contribution in [2.45, 2.75) is 89.8 Å². The van der Waals surface area contributed by atoms with E-state index in [1.807, 2.05) is 30.3 Å². The van der Waals surface area contributed by atoms with E-state index < -0.39 is 11.0 Å². The molecule has 0 aromatic heterocycles. The maximum atomic E-state index is 14.9. The van der Waals surface area contributed by atoms with E-state index in [0.717, 1.165) is 80.4 Å². The highest BCUT2D eigenvalue weighted by atomic mass is 16.3. The normalized spacial score (nSPS) is 42.7. The predicted molar refractivity (Wildman–Crippen MR) is 175 cm³/mol. The van der Waals surface area contributed by atoms with E-state index in [1.165, 1.54) is 19.3 Å². The Labute approximate surface area is 263 Å². The number of piperidine rings is 1. The Kier molecular flexibility index (Phi) is 6.56. The molecule has 2 bridgehead atoms. The van der Waals surface area contributed by atoms with Crippen molar-refractivity contribution in [1.82, 2.24) is 4.90 Å². The maximum absolute atomic E-state index is 14.9. The zero-order valence-corrected chi connectivity index (χ0v) is 26.6. The molecule has 44 heavy (non-hydrogen) atoms. The van der Waals surface area contributed by atoms with E-state index in [9.17, 15) is 15.0 Å². The predicted octanol–water partition coefficient (Wildman–Crippen LogP) is 7.61. The second kappa shape index (κ2) is 9.98. The van der Waals surface area contributed by atoms with Gasteiger partial charge in [-0.25, -0.2) is 0 Å². The van der Waals surface area contributed by atoms with Crippen LogP contribution in [0.4, 0.5) is 0 Å². The Bertz CT molecular complexity index is 1510. The maximum Gasteiger partial charge on any atom is 0.189 e. The van der Waals surface area contributed by atoms with Gasteiger partial charge in [-0.15, -0.1) is 0 Å². The first-order chi connectivity index (χ1) is 21.1. The van der Waals surface area contributed by atoms with E-state index in [0.29, 0.717) is 12.3 Å². The van der Waals surface area contributed by atoms with Gasteiger partial charge in [-0.3, -0.25) is 4.79 Å². The number of aliphatic hydroxyl groups is 2. The fraction of sp³-hybridized carbons (Fsp3) is 0.575. The highest BCUT2D eigenvalue weighted by Crippen LogP contribution is 2.78. The number of hydrogen-bond donors (Lipinski definition) is 2. The molecule has 2 spiro atoms. The number of carbonyl (C=O) groups excluding carboxylic acids is 1. The molecule has 8 atom stereocenters. The number of carbonyl (C=O) groups is 1. The van der Waals surface area contributed by atoms with Crippen molar-refractivity contribution < 1.29 is 15.0 Å². The Morgan fingerprint density at radius 1 is 0.818 bits per heavy atom. The number of fused-ring (bicyclic) bond motifs is 1. The van der Waals surface area contributed by atoms with Gasteiger partial charge < -0.3 is 15.1 Å². The van der Waals surface area contributed by atoms with E-state index in [-0.39, 0.29) is 34.1 Å². The number of hydrogen-bond acceptors (Lipinski definition) is 4. The first-order valence-corrected chi connectivity index (χ1v) is 17.4. The summed E-state index contributed by atoms with van der Waals surface area (Å²) in [5.74, 6) is 0.673. The number of Topliss-reactive ketones (excluding diaryl/α,β-unsaturated/α-hetero) is 1. The summed E-state index contributed by atoms with van der Waals surface area (Å²) >= 11 is 0. The molecule has 8 unspecified atom stereocenters. The summed E-state index contributed by atoms with van der Waals surface area (Å²) in [6, 6.07) is 18.5. The van der Waals surface area contributed by atoms with Crippen LogP contribution in [0, 0.1) is 33.5 Å². The summed E-state index contributed by atoms with van der Waals surface area (Å²) < 4.78 is 0. The lowest BCUT2D eigenvalue weighted by molar-refractivity contribution is -0.176. The van der Waals surface area contributed by atoms with Crippen LogP contribution < -0.4 is 0 Å². The van der Waals surface area contributed by atoms with Gasteiger partial charge in [-0.1, -0.05) is 93.1 Å². The third kappa shape index (κ3) is 3.83. The van der Waals surface area contributed by atoms with Gasteiger partial charge in [0.2, 0.25) is 0 Å². The fourth-order valence-corrected chi connectivity index (χ4v) is 11.7. The molecule has 4 heteroatoms. The van der Waals surface area contributed by atoms with Crippen molar-refractivity contribution in [2.24, 2.45) is 33.5 Å². The molecule has 4 nitrogen and oxygen atoms in total. The van der Waals surface area contributed by atoms with Gasteiger partial charge in [-0.05, 0) is 99.3 Å². The molecule has 9 rings (SSSR count). The van der Waals surface area contributed by atoms with Gasteiger partial charge in [0.05, 0.1) is 11.7 Å². The second-order valence-corrected chi connectivity index (χ2v) is 15.9. The van der Waals surface area contributed by atoms with Crippen LogP contribution in [0.1, 0.15) is 88.4 Å². The Morgan fingerprint density at radius 3 is 2.23 bits per heavy atom. The van der Waals surface area contributed by atoms with E-state index in [4.69, 9.17) is 0 Å². The average Bonchev–Trinajstić information content (AvgIpc) is 3.31. The van der Waals surface area contributed by atoms with Crippen molar-refractivity contribution in [3.05, 3.63) is 84.0 Å². The third-order valence-electron chi connectivity index (χ3n) is 14.1. The molecular weight excluding hydrogens is 542 g/mol. The molecule has 1 saturated heterocycles. The summed E-state index contributed by atoms with van der Waals surface area (Å²) in [6.07, 6.45) is 16.9. The number of ketones is 1. The van der Waals surface area contributed by atoms with E-state index in [2.05, 4.69) is 61.2 Å². The van der Waals surface area contributed by atoms with Crippen LogP contribution in [-0.4, -0.2) is 52.2 Å². The van der Waals surface area contributed by atoms with Crippen LogP contribution in [0.15, 0.2) is 78.4 Å². The third-order valence-corrected chi connectivity index (χ3v) is 14.1. The molecule has 2 N–H and O–H groups in total. The van der Waals surface area contributed by atoms with Crippen LogP contribution in [0.2, 0.25) is 0 Å². The first-order valence-electron chi connectivity index (χ1n) is 17.4. The Hall–Kier alpha value is -2.53. The van der Waals surface area contributed by atoms with E-state index in [1.54, 1.807) is 0 Å². The zero-order chi connectivity index (χ0) is 30.4. The van der Waals surface area contributed by atoms with Gasteiger partial charge in [0.25, 0.3) is 0 Å². The molecule has 0 radical (unpaired) electrons. The number of allylic oxidation sites excluding steroid dienone is 4. The number of likely N-dealkylation sites (tertiary alicyclic amines) is 1. The minimum atomic E-state index is -0.746. The molecule has 1 aliphatic heterocycles. The second-order valence-electron chi connectivity index (χ2n) is 15.9. The fourth-order valence-electron chi connectivity index (χ4n) is 11.7. The van der Waals surface area contributed by atoms with Crippen LogP contribution in [0.5, 0.6) is 0 Å². The summed E-state index contributed by atoms with van der Waals surface area (Å²) in [7, 11) is 0. The number of β-amino-alcohol motifs (C(OH)–C–C–N with tert-alkyl or cyclic N) is 1. The number of aliphatic hydroxyl groups excluding tert-OH is 1. The molecule has 232 valence electrons. The summed E-state index contributed by atoms with van der Waals surface area (Å²) in [5, 5.41) is 23.6. The smallest absolute Gasteiger partial charge is 0.189 e. The number of rotatable bonds is 5. The lowest BCUT2D eigenvalue weighted by Crippen LogP contribution is -2.67. The van der Waals surface area contributed by atoms with Crippen molar-refractivity contribution in [1.29, 1.82) is 0 Å². The molecule has 4 fully saturated rings. The Morgan fingerprint density at radius 2 is 1.48 bits per heavy atom. The van der Waals surface area contributed by atoms with Gasteiger partial charge in [0.1, 0.15) is 0 Å². The molecule has 1 heterocycles. The monoisotopic (exact) mass is 591 g/mol. The standard InChI is InChI=1S/C40H49NO3/c1-36-18-15-31(42)25-38(36)21-22-40(32(26-38)35(43)30-13-11-29(12-14-30)28-9-5-3-6-10-28)33(36)16-19-37(2)34(40)17-20-39(37,44)27-41-23-7-4-8-24-41/h3,5-6,9-14,21-22,26,31,33-34,42,44H,4,7-8,15-20,23-25,27H2,1-2H3. The molecular formula is C40H49NO3. The largest absolute Gasteiger partial charge is 0.393 e. The minimum Gasteiger partial charge on any atom is -0.393 e. The van der Waals surface area contributed by atoms with Crippen LogP contribution in [0.3, 0.4) is 0 Å². The molecule has 0 amide bonds. The lowest BCUT2D eigenvalue weighted by atomic mass is 9.32. The number of nitrogens with zero attached hydrogens (tertiary/aromatic N) is 1.